The van der Waals surface area contributed by atoms with Gasteiger partial charge in [-0.05, 0) is 31.2 Å². The second-order valence-corrected chi connectivity index (χ2v) is 3.33. The Kier molecular flexibility index (Phi) is 5.15. The van der Waals surface area contributed by atoms with Crippen molar-refractivity contribution in [2.75, 3.05) is 6.61 Å². The average molecular weight is 216 g/mol. The number of hydrogen-bond donors (Lipinski definition) is 0. The SMILES string of the molecule is CC#CCCOc1ccc(C(=O)CC)cc1. The first-order valence-electron chi connectivity index (χ1n) is 5.43. The van der Waals surface area contributed by atoms with Crippen LogP contribution >= 0.6 is 0 Å². The lowest BCUT2D eigenvalue weighted by atomic mass is 10.1. The van der Waals surface area contributed by atoms with Gasteiger partial charge in [0.05, 0.1) is 6.61 Å². The number of ether oxygens (including phenoxy) is 1. The molecule has 1 aromatic carbocycles. The molecule has 0 heterocycles. The number of Topliss-reactive ketones (excluding diaryl/α,β-unsaturated/α-hetero) is 1. The third kappa shape index (κ3) is 3.78. The second-order valence-electron chi connectivity index (χ2n) is 3.33. The summed E-state index contributed by atoms with van der Waals surface area (Å²) in [6.45, 7) is 4.25. The Morgan fingerprint density at radius 1 is 1.31 bits per heavy atom. The Morgan fingerprint density at radius 3 is 2.56 bits per heavy atom. The minimum absolute atomic E-state index is 0.156. The molecular weight excluding hydrogens is 200 g/mol. The van der Waals surface area contributed by atoms with Gasteiger partial charge in [0.1, 0.15) is 5.75 Å². The van der Waals surface area contributed by atoms with Crippen LogP contribution in [-0.4, -0.2) is 12.4 Å². The molecular formula is C14H16O2. The zero-order valence-corrected chi connectivity index (χ0v) is 9.75. The lowest BCUT2D eigenvalue weighted by Gasteiger charge is -2.04. The molecule has 0 N–H and O–H groups in total. The van der Waals surface area contributed by atoms with Gasteiger partial charge in [0.2, 0.25) is 0 Å². The summed E-state index contributed by atoms with van der Waals surface area (Å²) < 4.78 is 5.46. The van der Waals surface area contributed by atoms with E-state index in [1.54, 1.807) is 12.1 Å². The van der Waals surface area contributed by atoms with Gasteiger partial charge in [-0.3, -0.25) is 4.79 Å². The summed E-state index contributed by atoms with van der Waals surface area (Å²) in [6, 6.07) is 7.24. The van der Waals surface area contributed by atoms with Gasteiger partial charge in [0, 0.05) is 18.4 Å². The van der Waals surface area contributed by atoms with Crippen LogP contribution in [0.15, 0.2) is 24.3 Å². The van der Waals surface area contributed by atoms with E-state index in [1.807, 2.05) is 26.0 Å². The average Bonchev–Trinajstić information content (AvgIpc) is 2.34. The monoisotopic (exact) mass is 216 g/mol. The molecule has 0 aromatic heterocycles. The van der Waals surface area contributed by atoms with E-state index >= 15 is 0 Å². The Balaban J connectivity index is 2.50. The molecule has 0 fully saturated rings. The van der Waals surface area contributed by atoms with E-state index in [-0.39, 0.29) is 5.78 Å². The standard InChI is InChI=1S/C14H16O2/c1-3-5-6-11-16-13-9-7-12(8-10-13)14(15)4-2/h7-10H,4,6,11H2,1-2H3. The van der Waals surface area contributed by atoms with Crippen molar-refractivity contribution in [2.24, 2.45) is 0 Å². The van der Waals surface area contributed by atoms with Gasteiger partial charge < -0.3 is 4.74 Å². The van der Waals surface area contributed by atoms with Crippen LogP contribution in [0, 0.1) is 11.8 Å². The van der Waals surface area contributed by atoms with E-state index < -0.39 is 0 Å². The van der Waals surface area contributed by atoms with Gasteiger partial charge in [-0.1, -0.05) is 6.92 Å². The Labute approximate surface area is 96.6 Å². The normalized spacial score (nSPS) is 9.12. The summed E-state index contributed by atoms with van der Waals surface area (Å²) in [5.74, 6) is 6.68. The van der Waals surface area contributed by atoms with Gasteiger partial charge in [-0.2, -0.15) is 0 Å². The van der Waals surface area contributed by atoms with Crippen LogP contribution in [0.3, 0.4) is 0 Å². The van der Waals surface area contributed by atoms with Crippen molar-refractivity contribution in [3.8, 4) is 17.6 Å². The van der Waals surface area contributed by atoms with E-state index in [0.717, 1.165) is 17.7 Å². The smallest absolute Gasteiger partial charge is 0.162 e. The summed E-state index contributed by atoms with van der Waals surface area (Å²) >= 11 is 0. The molecule has 0 bridgehead atoms. The zero-order valence-electron chi connectivity index (χ0n) is 9.75. The molecule has 0 amide bonds. The molecule has 84 valence electrons. The maximum absolute atomic E-state index is 11.4. The Bertz CT molecular complexity index is 393. The number of ketones is 1. The highest BCUT2D eigenvalue weighted by atomic mass is 16.5. The van der Waals surface area contributed by atoms with E-state index in [9.17, 15) is 4.79 Å². The Hall–Kier alpha value is -1.75. The number of carbonyl (C=O) groups excluding carboxylic acids is 1. The first kappa shape index (κ1) is 12.3. The molecule has 0 radical (unpaired) electrons. The second kappa shape index (κ2) is 6.68. The molecule has 16 heavy (non-hydrogen) atoms. The quantitative estimate of drug-likeness (QED) is 0.429. The van der Waals surface area contributed by atoms with Crippen molar-refractivity contribution in [3.05, 3.63) is 29.8 Å². The lowest BCUT2D eigenvalue weighted by molar-refractivity contribution is 0.0988. The minimum atomic E-state index is 0.156. The summed E-state index contributed by atoms with van der Waals surface area (Å²) in [5, 5.41) is 0. The van der Waals surface area contributed by atoms with Crippen LogP contribution in [0.25, 0.3) is 0 Å². The third-order valence-corrected chi connectivity index (χ3v) is 2.17. The molecule has 0 saturated heterocycles. The van der Waals surface area contributed by atoms with Crippen molar-refractivity contribution in [3.63, 3.8) is 0 Å². The van der Waals surface area contributed by atoms with Crippen LogP contribution in [0.2, 0.25) is 0 Å². The van der Waals surface area contributed by atoms with E-state index in [0.29, 0.717) is 13.0 Å². The summed E-state index contributed by atoms with van der Waals surface area (Å²) in [4.78, 5) is 11.4. The molecule has 1 rings (SSSR count). The molecule has 2 heteroatoms. The predicted molar refractivity (Wildman–Crippen MR) is 64.6 cm³/mol. The fourth-order valence-electron chi connectivity index (χ4n) is 1.29. The van der Waals surface area contributed by atoms with Crippen LogP contribution in [0.5, 0.6) is 5.75 Å². The van der Waals surface area contributed by atoms with Crippen LogP contribution in [0.1, 0.15) is 37.0 Å². The highest BCUT2D eigenvalue weighted by Gasteiger charge is 2.02. The van der Waals surface area contributed by atoms with Crippen molar-refractivity contribution < 1.29 is 9.53 Å². The molecule has 0 aliphatic heterocycles. The summed E-state index contributed by atoms with van der Waals surface area (Å²) in [5.41, 5.74) is 0.739. The molecule has 0 unspecified atom stereocenters. The van der Waals surface area contributed by atoms with Crippen molar-refractivity contribution in [1.82, 2.24) is 0 Å². The third-order valence-electron chi connectivity index (χ3n) is 2.17. The summed E-state index contributed by atoms with van der Waals surface area (Å²) in [6.07, 6.45) is 1.26. The molecule has 0 spiro atoms. The molecule has 0 aliphatic carbocycles. The fraction of sp³-hybridized carbons (Fsp3) is 0.357. The van der Waals surface area contributed by atoms with Crippen LogP contribution in [0.4, 0.5) is 0 Å². The maximum atomic E-state index is 11.4. The predicted octanol–water partition coefficient (Wildman–Crippen LogP) is 3.07. The van der Waals surface area contributed by atoms with E-state index in [4.69, 9.17) is 4.74 Å². The fourth-order valence-corrected chi connectivity index (χ4v) is 1.29. The van der Waals surface area contributed by atoms with Gasteiger partial charge in [-0.25, -0.2) is 0 Å². The number of rotatable bonds is 5. The topological polar surface area (TPSA) is 26.3 Å². The zero-order chi connectivity index (χ0) is 11.8. The summed E-state index contributed by atoms with van der Waals surface area (Å²) in [7, 11) is 0. The highest BCUT2D eigenvalue weighted by molar-refractivity contribution is 5.95. The van der Waals surface area contributed by atoms with Gasteiger partial charge in [0.15, 0.2) is 5.78 Å². The molecule has 1 aromatic rings. The van der Waals surface area contributed by atoms with Crippen molar-refractivity contribution in [2.45, 2.75) is 26.7 Å². The van der Waals surface area contributed by atoms with Gasteiger partial charge in [0.25, 0.3) is 0 Å². The highest BCUT2D eigenvalue weighted by Crippen LogP contribution is 2.13. The molecule has 0 saturated carbocycles. The first-order chi connectivity index (χ1) is 7.77. The van der Waals surface area contributed by atoms with Crippen LogP contribution < -0.4 is 4.74 Å². The van der Waals surface area contributed by atoms with Gasteiger partial charge in [-0.15, -0.1) is 11.8 Å². The minimum Gasteiger partial charge on any atom is -0.493 e. The molecule has 0 atom stereocenters. The number of benzene rings is 1. The first-order valence-corrected chi connectivity index (χ1v) is 5.43. The van der Waals surface area contributed by atoms with E-state index in [1.165, 1.54) is 0 Å². The number of hydrogen-bond acceptors (Lipinski definition) is 2. The largest absolute Gasteiger partial charge is 0.493 e. The lowest BCUT2D eigenvalue weighted by Crippen LogP contribution is -1.98. The molecule has 0 aliphatic rings. The van der Waals surface area contributed by atoms with Crippen molar-refractivity contribution in [1.29, 1.82) is 0 Å². The van der Waals surface area contributed by atoms with Crippen LogP contribution in [-0.2, 0) is 0 Å². The van der Waals surface area contributed by atoms with Crippen molar-refractivity contribution >= 4 is 5.78 Å². The maximum Gasteiger partial charge on any atom is 0.162 e. The number of carbonyl (C=O) groups is 1. The Morgan fingerprint density at radius 2 is 2.00 bits per heavy atom. The van der Waals surface area contributed by atoms with Gasteiger partial charge >= 0.3 is 0 Å². The molecule has 2 nitrogen and oxygen atoms in total. The van der Waals surface area contributed by atoms with E-state index in [2.05, 4.69) is 11.8 Å².